The fourth-order valence-electron chi connectivity index (χ4n) is 1.76. The van der Waals surface area contributed by atoms with Gasteiger partial charge in [-0.1, -0.05) is 0 Å². The van der Waals surface area contributed by atoms with Gasteiger partial charge in [-0.15, -0.1) is 0 Å². The summed E-state index contributed by atoms with van der Waals surface area (Å²) in [5.41, 5.74) is -2.93. The molecule has 1 heterocycles. The second-order valence-electron chi connectivity index (χ2n) is 5.29. The number of hydrogen-bond donors (Lipinski definition) is 4. The van der Waals surface area contributed by atoms with E-state index in [4.69, 9.17) is 5.11 Å². The molecule has 8 nitrogen and oxygen atoms in total. The maximum atomic E-state index is 11.6. The topological polar surface area (TPSA) is 133 Å². The molecule has 9 heteroatoms. The van der Waals surface area contributed by atoms with Crippen LogP contribution in [-0.4, -0.2) is 59.8 Å². The minimum Gasteiger partial charge on any atom is -0.479 e. The average molecular weight is 294 g/mol. The Hall–Kier alpha value is -1.35. The lowest BCUT2D eigenvalue weighted by atomic mass is 10.0. The molecule has 1 saturated heterocycles. The number of nitrogens with one attached hydrogen (secondary N) is 2. The van der Waals surface area contributed by atoms with Crippen molar-refractivity contribution in [2.75, 3.05) is 18.1 Å². The first kappa shape index (κ1) is 15.7. The smallest absolute Gasteiger partial charge is 0.337 e. The van der Waals surface area contributed by atoms with Gasteiger partial charge in [0.05, 0.1) is 23.6 Å². The van der Waals surface area contributed by atoms with Crippen molar-refractivity contribution in [3.05, 3.63) is 0 Å². The predicted octanol–water partition coefficient (Wildman–Crippen LogP) is -1.30. The van der Waals surface area contributed by atoms with E-state index in [1.165, 1.54) is 0 Å². The van der Waals surface area contributed by atoms with E-state index in [0.717, 1.165) is 6.92 Å². The van der Waals surface area contributed by atoms with Gasteiger partial charge in [-0.05, 0) is 20.3 Å². The lowest BCUT2D eigenvalue weighted by Crippen LogP contribution is -2.54. The molecule has 0 aliphatic carbocycles. The van der Waals surface area contributed by atoms with Gasteiger partial charge >= 0.3 is 12.0 Å². The first-order valence-electron chi connectivity index (χ1n) is 5.68. The quantitative estimate of drug-likeness (QED) is 0.509. The van der Waals surface area contributed by atoms with E-state index in [2.05, 4.69) is 10.6 Å². The number of amides is 2. The van der Waals surface area contributed by atoms with E-state index >= 15 is 0 Å². The third-order valence-electron chi connectivity index (χ3n) is 2.97. The number of sulfone groups is 1. The van der Waals surface area contributed by atoms with E-state index in [9.17, 15) is 23.1 Å². The van der Waals surface area contributed by atoms with Gasteiger partial charge in [0.1, 0.15) is 0 Å². The Kier molecular flexibility index (Phi) is 4.11. The van der Waals surface area contributed by atoms with Crippen LogP contribution in [0, 0.1) is 0 Å². The van der Waals surface area contributed by atoms with Crippen molar-refractivity contribution >= 4 is 21.8 Å². The summed E-state index contributed by atoms with van der Waals surface area (Å²) in [7, 11) is -3.14. The number of rotatable bonds is 4. The molecule has 0 spiro atoms. The second-order valence-corrected chi connectivity index (χ2v) is 7.47. The van der Waals surface area contributed by atoms with Crippen LogP contribution < -0.4 is 10.6 Å². The van der Waals surface area contributed by atoms with E-state index < -0.39 is 39.5 Å². The van der Waals surface area contributed by atoms with Crippen molar-refractivity contribution in [2.45, 2.75) is 31.4 Å². The monoisotopic (exact) mass is 294 g/mol. The Morgan fingerprint density at radius 3 is 2.42 bits per heavy atom. The Morgan fingerprint density at radius 2 is 2.00 bits per heavy atom. The largest absolute Gasteiger partial charge is 0.479 e. The van der Waals surface area contributed by atoms with Crippen molar-refractivity contribution in [3.8, 4) is 0 Å². The van der Waals surface area contributed by atoms with Crippen molar-refractivity contribution in [2.24, 2.45) is 0 Å². The molecule has 4 N–H and O–H groups in total. The zero-order chi connectivity index (χ0) is 14.9. The number of carboxylic acids is 1. The summed E-state index contributed by atoms with van der Waals surface area (Å²) < 4.78 is 22.7. The number of carbonyl (C=O) groups excluding carboxylic acids is 1. The van der Waals surface area contributed by atoms with Gasteiger partial charge in [0.15, 0.2) is 15.4 Å². The van der Waals surface area contributed by atoms with Gasteiger partial charge in [-0.25, -0.2) is 18.0 Å². The molecule has 0 saturated carbocycles. The van der Waals surface area contributed by atoms with Crippen molar-refractivity contribution in [1.29, 1.82) is 0 Å². The minimum atomic E-state index is -3.14. The summed E-state index contributed by atoms with van der Waals surface area (Å²) >= 11 is 0. The Morgan fingerprint density at radius 1 is 1.42 bits per heavy atom. The normalized spacial score (nSPS) is 28.4. The molecule has 2 atom stereocenters. The summed E-state index contributed by atoms with van der Waals surface area (Å²) in [6.07, 6.45) is 0.304. The Labute approximate surface area is 111 Å². The van der Waals surface area contributed by atoms with Crippen LogP contribution in [0.25, 0.3) is 0 Å². The molecule has 0 aromatic rings. The summed E-state index contributed by atoms with van der Waals surface area (Å²) in [6.45, 7) is 2.18. The van der Waals surface area contributed by atoms with Crippen LogP contribution in [0.5, 0.6) is 0 Å². The SMILES string of the molecule is CC1(NC(=O)NCC(C)(O)C(=O)O)CCS(=O)(=O)C1. The molecule has 1 aliphatic heterocycles. The van der Waals surface area contributed by atoms with Crippen LogP contribution in [-0.2, 0) is 14.6 Å². The highest BCUT2D eigenvalue weighted by molar-refractivity contribution is 7.91. The molecule has 0 bridgehead atoms. The summed E-state index contributed by atoms with van der Waals surface area (Å²) in [6, 6.07) is -0.707. The van der Waals surface area contributed by atoms with Gasteiger partial charge < -0.3 is 20.8 Å². The minimum absolute atomic E-state index is 0.0105. The van der Waals surface area contributed by atoms with Gasteiger partial charge in [-0.3, -0.25) is 0 Å². The van der Waals surface area contributed by atoms with Crippen LogP contribution in [0.15, 0.2) is 0 Å². The van der Waals surface area contributed by atoms with Gasteiger partial charge in [0.25, 0.3) is 0 Å². The fraction of sp³-hybridized carbons (Fsp3) is 0.800. The molecule has 1 fully saturated rings. The molecule has 110 valence electrons. The number of hydrogen-bond acceptors (Lipinski definition) is 5. The zero-order valence-corrected chi connectivity index (χ0v) is 11.6. The summed E-state index contributed by atoms with van der Waals surface area (Å²) in [5, 5.41) is 22.8. The predicted molar refractivity (Wildman–Crippen MR) is 66.5 cm³/mol. The molecular weight excluding hydrogens is 276 g/mol. The molecule has 19 heavy (non-hydrogen) atoms. The molecule has 0 aromatic heterocycles. The summed E-state index contributed by atoms with van der Waals surface area (Å²) in [4.78, 5) is 22.2. The molecular formula is C10H18N2O6S. The van der Waals surface area contributed by atoms with Gasteiger partial charge in [-0.2, -0.15) is 0 Å². The number of aliphatic hydroxyl groups is 1. The second kappa shape index (κ2) is 4.97. The van der Waals surface area contributed by atoms with E-state index in [-0.39, 0.29) is 11.5 Å². The molecule has 0 aromatic carbocycles. The maximum absolute atomic E-state index is 11.6. The van der Waals surface area contributed by atoms with Crippen molar-refractivity contribution < 1.29 is 28.2 Å². The summed E-state index contributed by atoms with van der Waals surface area (Å²) in [5.74, 6) is -1.60. The van der Waals surface area contributed by atoms with Crippen LogP contribution in [0.3, 0.4) is 0 Å². The lowest BCUT2D eigenvalue weighted by Gasteiger charge is -2.25. The maximum Gasteiger partial charge on any atom is 0.337 e. The number of carboxylic acid groups (broad SMARTS) is 1. The number of urea groups is 1. The first-order valence-corrected chi connectivity index (χ1v) is 7.50. The average Bonchev–Trinajstić information content (AvgIpc) is 2.50. The van der Waals surface area contributed by atoms with E-state index in [1.807, 2.05) is 0 Å². The van der Waals surface area contributed by atoms with E-state index in [1.54, 1.807) is 6.92 Å². The van der Waals surface area contributed by atoms with Crippen molar-refractivity contribution in [1.82, 2.24) is 10.6 Å². The fourth-order valence-corrected chi connectivity index (χ4v) is 3.85. The Bertz CT molecular complexity index is 486. The highest BCUT2D eigenvalue weighted by atomic mass is 32.2. The molecule has 0 radical (unpaired) electrons. The standard InChI is InChI=1S/C10H18N2O6S/c1-9(3-4-19(17,18)6-9)12-8(15)11-5-10(2,16)7(13)14/h16H,3-6H2,1-2H3,(H,13,14)(H2,11,12,15). The molecule has 2 unspecified atom stereocenters. The number of carbonyl (C=O) groups is 2. The van der Waals surface area contributed by atoms with E-state index in [0.29, 0.717) is 6.42 Å². The highest BCUT2D eigenvalue weighted by Crippen LogP contribution is 2.22. The number of aliphatic carboxylic acids is 1. The van der Waals surface area contributed by atoms with Crippen LogP contribution in [0.2, 0.25) is 0 Å². The van der Waals surface area contributed by atoms with Gasteiger partial charge in [0.2, 0.25) is 0 Å². The van der Waals surface area contributed by atoms with Gasteiger partial charge in [0, 0.05) is 0 Å². The van der Waals surface area contributed by atoms with Crippen LogP contribution in [0.1, 0.15) is 20.3 Å². The lowest BCUT2D eigenvalue weighted by molar-refractivity contribution is -0.155. The molecule has 1 aliphatic rings. The third-order valence-corrected chi connectivity index (χ3v) is 4.88. The Balaban J connectivity index is 2.51. The zero-order valence-electron chi connectivity index (χ0n) is 10.8. The molecule has 2 amide bonds. The third kappa shape index (κ3) is 4.35. The molecule has 1 rings (SSSR count). The van der Waals surface area contributed by atoms with Crippen molar-refractivity contribution in [3.63, 3.8) is 0 Å². The van der Waals surface area contributed by atoms with Crippen LogP contribution in [0.4, 0.5) is 4.79 Å². The first-order chi connectivity index (χ1) is 8.46. The highest BCUT2D eigenvalue weighted by Gasteiger charge is 2.40. The van der Waals surface area contributed by atoms with Crippen LogP contribution >= 0.6 is 0 Å².